The molecule has 0 saturated heterocycles. The molecule has 0 aromatic heterocycles. The molecule has 0 N–H and O–H groups in total. The normalized spacial score (nSPS) is 52.6. The van der Waals surface area contributed by atoms with E-state index in [1.54, 1.807) is 0 Å². The standard InChI is InChI=1S/C13H18O/c1-8-10-4-9-5-11(7-10)12(2-3-14)13(8)6-9/h2-3,8-11,13H,4-7H2,1H3/b12-2+/t8-,9?,10+,11-,13+/m1/s1. The molecule has 0 radical (unpaired) electrons. The maximum absolute atomic E-state index is 10.6. The van der Waals surface area contributed by atoms with Crippen LogP contribution in [0.15, 0.2) is 11.6 Å². The molecule has 0 aromatic carbocycles. The molecule has 0 spiro atoms. The number of carbonyl (C=O) groups excluding carboxylic acids is 1. The summed E-state index contributed by atoms with van der Waals surface area (Å²) >= 11 is 0. The second kappa shape index (κ2) is 2.95. The summed E-state index contributed by atoms with van der Waals surface area (Å²) < 4.78 is 0. The van der Waals surface area contributed by atoms with Crippen LogP contribution in [-0.4, -0.2) is 6.29 Å². The van der Waals surface area contributed by atoms with E-state index < -0.39 is 0 Å². The predicted molar refractivity (Wildman–Crippen MR) is 55.7 cm³/mol. The topological polar surface area (TPSA) is 17.1 Å². The van der Waals surface area contributed by atoms with Gasteiger partial charge in [-0.05, 0) is 61.3 Å². The van der Waals surface area contributed by atoms with E-state index in [0.29, 0.717) is 0 Å². The lowest BCUT2D eigenvalue weighted by Gasteiger charge is -2.55. The number of aldehydes is 1. The SMILES string of the molecule is C[C@@H]1[C@H]2CC3C[C@H](C2)/C(=C\C=O)[C@H]1C3. The number of allylic oxidation sites excluding steroid dienone is 2. The van der Waals surface area contributed by atoms with Gasteiger partial charge in [-0.1, -0.05) is 12.5 Å². The van der Waals surface area contributed by atoms with Crippen molar-refractivity contribution in [1.82, 2.24) is 0 Å². The first-order valence-electron chi connectivity index (χ1n) is 5.95. The van der Waals surface area contributed by atoms with Gasteiger partial charge in [-0.3, -0.25) is 4.79 Å². The van der Waals surface area contributed by atoms with Crippen molar-refractivity contribution in [3.05, 3.63) is 11.6 Å². The van der Waals surface area contributed by atoms with Gasteiger partial charge in [-0.2, -0.15) is 0 Å². The van der Waals surface area contributed by atoms with Gasteiger partial charge in [0, 0.05) is 0 Å². The third kappa shape index (κ3) is 1.04. The minimum atomic E-state index is 0.761. The van der Waals surface area contributed by atoms with Crippen molar-refractivity contribution < 1.29 is 4.79 Å². The molecule has 14 heavy (non-hydrogen) atoms. The van der Waals surface area contributed by atoms with Crippen molar-refractivity contribution in [3.63, 3.8) is 0 Å². The molecular formula is C13H18O. The number of rotatable bonds is 1. The average molecular weight is 190 g/mol. The fraction of sp³-hybridized carbons (Fsp3) is 0.769. The molecule has 1 nitrogen and oxygen atoms in total. The zero-order chi connectivity index (χ0) is 9.71. The first kappa shape index (κ1) is 8.70. The molecule has 4 aliphatic rings. The Labute approximate surface area is 85.6 Å². The van der Waals surface area contributed by atoms with E-state index in [0.717, 1.165) is 35.9 Å². The average Bonchev–Trinajstić information content (AvgIpc) is 2.18. The Balaban J connectivity index is 1.97. The second-order valence-corrected chi connectivity index (χ2v) is 5.53. The molecule has 76 valence electrons. The van der Waals surface area contributed by atoms with Gasteiger partial charge < -0.3 is 0 Å². The largest absolute Gasteiger partial charge is 0.299 e. The monoisotopic (exact) mass is 190 g/mol. The maximum atomic E-state index is 10.6. The van der Waals surface area contributed by atoms with Gasteiger partial charge in [0.1, 0.15) is 6.29 Å². The quantitative estimate of drug-likeness (QED) is 0.459. The third-order valence-corrected chi connectivity index (χ3v) is 4.97. The van der Waals surface area contributed by atoms with Crippen LogP contribution in [0.4, 0.5) is 0 Å². The van der Waals surface area contributed by atoms with E-state index in [1.807, 2.05) is 6.08 Å². The van der Waals surface area contributed by atoms with Gasteiger partial charge in [0.15, 0.2) is 0 Å². The molecule has 0 heterocycles. The van der Waals surface area contributed by atoms with Crippen LogP contribution in [0.2, 0.25) is 0 Å². The Bertz CT molecular complexity index is 292. The van der Waals surface area contributed by atoms with Crippen molar-refractivity contribution in [2.75, 3.05) is 0 Å². The first-order valence-corrected chi connectivity index (χ1v) is 5.95. The van der Waals surface area contributed by atoms with Gasteiger partial charge >= 0.3 is 0 Å². The highest BCUT2D eigenvalue weighted by molar-refractivity contribution is 5.66. The van der Waals surface area contributed by atoms with Gasteiger partial charge in [0.25, 0.3) is 0 Å². The molecule has 4 aliphatic carbocycles. The highest BCUT2D eigenvalue weighted by atomic mass is 16.1. The molecule has 1 unspecified atom stereocenters. The number of hydrogen-bond donors (Lipinski definition) is 0. The predicted octanol–water partition coefficient (Wildman–Crippen LogP) is 2.81. The van der Waals surface area contributed by atoms with E-state index in [4.69, 9.17) is 0 Å². The molecule has 4 bridgehead atoms. The molecule has 4 rings (SSSR count). The van der Waals surface area contributed by atoms with E-state index in [2.05, 4.69) is 6.92 Å². The molecule has 4 fully saturated rings. The fourth-order valence-corrected chi connectivity index (χ4v) is 4.36. The summed E-state index contributed by atoms with van der Waals surface area (Å²) in [6.45, 7) is 2.39. The van der Waals surface area contributed by atoms with Crippen molar-refractivity contribution >= 4 is 6.29 Å². The zero-order valence-corrected chi connectivity index (χ0v) is 8.78. The highest BCUT2D eigenvalue weighted by Crippen LogP contribution is 2.58. The van der Waals surface area contributed by atoms with Crippen molar-refractivity contribution in [1.29, 1.82) is 0 Å². The van der Waals surface area contributed by atoms with Crippen molar-refractivity contribution in [3.8, 4) is 0 Å². The van der Waals surface area contributed by atoms with Gasteiger partial charge in [0.2, 0.25) is 0 Å². The van der Waals surface area contributed by atoms with Crippen LogP contribution in [0, 0.1) is 29.6 Å². The van der Waals surface area contributed by atoms with Crippen LogP contribution < -0.4 is 0 Å². The van der Waals surface area contributed by atoms with E-state index in [-0.39, 0.29) is 0 Å². The van der Waals surface area contributed by atoms with Crippen molar-refractivity contribution in [2.24, 2.45) is 29.6 Å². The Kier molecular flexibility index (Phi) is 1.83. The minimum absolute atomic E-state index is 0.761. The molecular weight excluding hydrogens is 172 g/mol. The zero-order valence-electron chi connectivity index (χ0n) is 8.78. The molecule has 0 amide bonds. The summed E-state index contributed by atoms with van der Waals surface area (Å²) in [7, 11) is 0. The smallest absolute Gasteiger partial charge is 0.142 e. The maximum Gasteiger partial charge on any atom is 0.142 e. The molecule has 0 aliphatic heterocycles. The third-order valence-electron chi connectivity index (χ3n) is 4.97. The van der Waals surface area contributed by atoms with Crippen LogP contribution in [0.3, 0.4) is 0 Å². The molecule has 4 saturated carbocycles. The first-order chi connectivity index (χ1) is 6.79. The summed E-state index contributed by atoms with van der Waals surface area (Å²) in [5.74, 6) is 4.34. The Morgan fingerprint density at radius 2 is 2.07 bits per heavy atom. The van der Waals surface area contributed by atoms with Crippen LogP contribution in [-0.2, 0) is 4.79 Å². The van der Waals surface area contributed by atoms with Gasteiger partial charge in [-0.15, -0.1) is 0 Å². The number of hydrogen-bond acceptors (Lipinski definition) is 1. The lowest BCUT2D eigenvalue weighted by Crippen LogP contribution is -2.45. The molecule has 0 aromatic rings. The van der Waals surface area contributed by atoms with E-state index >= 15 is 0 Å². The summed E-state index contributed by atoms with van der Waals surface area (Å²) in [6, 6.07) is 0. The van der Waals surface area contributed by atoms with Crippen molar-refractivity contribution in [2.45, 2.75) is 32.6 Å². The van der Waals surface area contributed by atoms with E-state index in [9.17, 15) is 4.79 Å². The van der Waals surface area contributed by atoms with Gasteiger partial charge in [-0.25, -0.2) is 0 Å². The van der Waals surface area contributed by atoms with Crippen LogP contribution in [0.25, 0.3) is 0 Å². The molecule has 1 heteroatoms. The second-order valence-electron chi connectivity index (χ2n) is 5.53. The van der Waals surface area contributed by atoms with Crippen LogP contribution in [0.5, 0.6) is 0 Å². The summed E-state index contributed by atoms with van der Waals surface area (Å²) in [5.41, 5.74) is 1.50. The summed E-state index contributed by atoms with van der Waals surface area (Å²) in [4.78, 5) is 10.6. The molecule has 5 atom stereocenters. The fourth-order valence-electron chi connectivity index (χ4n) is 4.36. The summed E-state index contributed by atoms with van der Waals surface area (Å²) in [6.07, 6.45) is 8.47. The Morgan fingerprint density at radius 3 is 2.86 bits per heavy atom. The highest BCUT2D eigenvalue weighted by Gasteiger charge is 2.48. The van der Waals surface area contributed by atoms with Crippen LogP contribution >= 0.6 is 0 Å². The van der Waals surface area contributed by atoms with Crippen LogP contribution in [0.1, 0.15) is 32.6 Å². The summed E-state index contributed by atoms with van der Waals surface area (Å²) in [5, 5.41) is 0. The lowest BCUT2D eigenvalue weighted by atomic mass is 9.50. The number of carbonyl (C=O) groups is 1. The Hall–Kier alpha value is -0.590. The Morgan fingerprint density at radius 1 is 1.21 bits per heavy atom. The van der Waals surface area contributed by atoms with Gasteiger partial charge in [0.05, 0.1) is 0 Å². The lowest BCUT2D eigenvalue weighted by molar-refractivity contribution is -0.104. The van der Waals surface area contributed by atoms with E-state index in [1.165, 1.54) is 31.3 Å². The minimum Gasteiger partial charge on any atom is -0.299 e.